The van der Waals surface area contributed by atoms with Gasteiger partial charge in [0.05, 0.1) is 13.2 Å². The van der Waals surface area contributed by atoms with Crippen molar-refractivity contribution in [3.63, 3.8) is 0 Å². The molecule has 0 saturated heterocycles. The van der Waals surface area contributed by atoms with Crippen molar-refractivity contribution in [3.8, 4) is 0 Å². The molecule has 0 aliphatic heterocycles. The van der Waals surface area contributed by atoms with Crippen LogP contribution in [0.4, 0.5) is 0 Å². The van der Waals surface area contributed by atoms with Crippen LogP contribution in [-0.2, 0) is 16.0 Å². The Morgan fingerprint density at radius 3 is 2.86 bits per heavy atom. The molecule has 0 fully saturated rings. The normalized spacial score (nSPS) is 12.4. The van der Waals surface area contributed by atoms with Crippen LogP contribution >= 0.6 is 24.0 Å². The Hall–Kier alpha value is -1.29. The Morgan fingerprint density at radius 1 is 1.52 bits per heavy atom. The monoisotopic (exact) mass is 411 g/mol. The zero-order chi connectivity index (χ0) is 15.0. The quantitative estimate of drug-likeness (QED) is 0.306. The van der Waals surface area contributed by atoms with E-state index in [-0.39, 0.29) is 42.3 Å². The molecule has 0 spiro atoms. The van der Waals surface area contributed by atoms with Gasteiger partial charge in [0, 0.05) is 13.2 Å². The van der Waals surface area contributed by atoms with Crippen molar-refractivity contribution in [2.75, 3.05) is 20.3 Å². The lowest BCUT2D eigenvalue weighted by molar-refractivity contribution is 0.0488. The smallest absolute Gasteiger partial charge is 0.374 e. The van der Waals surface area contributed by atoms with Gasteiger partial charge in [-0.25, -0.2) is 9.79 Å². The van der Waals surface area contributed by atoms with E-state index < -0.39 is 5.97 Å². The fourth-order valence-electron chi connectivity index (χ4n) is 1.53. The lowest BCUT2D eigenvalue weighted by Gasteiger charge is -2.12. The second-order valence-electron chi connectivity index (χ2n) is 4.19. The largest absolute Gasteiger partial charge is 0.460 e. The van der Waals surface area contributed by atoms with E-state index in [2.05, 4.69) is 10.3 Å². The number of methoxy groups -OCH3 is 1. The minimum atomic E-state index is -0.484. The van der Waals surface area contributed by atoms with E-state index in [4.69, 9.17) is 19.6 Å². The number of ether oxygens (including phenoxy) is 2. The van der Waals surface area contributed by atoms with Crippen LogP contribution in [0.3, 0.4) is 0 Å². The van der Waals surface area contributed by atoms with Crippen molar-refractivity contribution in [1.82, 2.24) is 5.32 Å². The molecule has 1 atom stereocenters. The summed E-state index contributed by atoms with van der Waals surface area (Å²) >= 11 is 0. The number of hydrogen-bond donors (Lipinski definition) is 2. The number of nitrogens with one attached hydrogen (secondary N) is 1. The lowest BCUT2D eigenvalue weighted by Crippen LogP contribution is -2.40. The molecule has 8 heteroatoms. The lowest BCUT2D eigenvalue weighted by atomic mass is 10.4. The van der Waals surface area contributed by atoms with Crippen LogP contribution in [0.15, 0.2) is 21.5 Å². The number of aliphatic imine (C=N–C) groups is 1. The molecule has 21 heavy (non-hydrogen) atoms. The highest BCUT2D eigenvalue weighted by molar-refractivity contribution is 14.0. The summed E-state index contributed by atoms with van der Waals surface area (Å²) in [6.07, 6.45) is 0. The first-order valence-electron chi connectivity index (χ1n) is 6.38. The van der Waals surface area contributed by atoms with Gasteiger partial charge in [0.1, 0.15) is 12.3 Å². The van der Waals surface area contributed by atoms with Crippen molar-refractivity contribution in [1.29, 1.82) is 0 Å². The highest BCUT2D eigenvalue weighted by Crippen LogP contribution is 2.10. The third kappa shape index (κ3) is 7.32. The molecule has 1 rings (SSSR count). The molecule has 0 aliphatic rings. The Morgan fingerprint density at radius 2 is 2.24 bits per heavy atom. The molecule has 3 N–H and O–H groups in total. The third-order valence-electron chi connectivity index (χ3n) is 2.35. The molecule has 1 unspecified atom stereocenters. The molecule has 0 saturated carbocycles. The maximum Gasteiger partial charge on any atom is 0.374 e. The minimum absolute atomic E-state index is 0. The number of rotatable bonds is 7. The van der Waals surface area contributed by atoms with E-state index in [1.165, 1.54) is 0 Å². The predicted octanol–water partition coefficient (Wildman–Crippen LogP) is 1.51. The van der Waals surface area contributed by atoms with Gasteiger partial charge in [0.25, 0.3) is 0 Å². The van der Waals surface area contributed by atoms with Gasteiger partial charge in [0.2, 0.25) is 5.76 Å². The van der Waals surface area contributed by atoms with Crippen molar-refractivity contribution >= 4 is 35.9 Å². The number of carbonyl (C=O) groups is 1. The third-order valence-corrected chi connectivity index (χ3v) is 2.35. The fraction of sp³-hybridized carbons (Fsp3) is 0.538. The van der Waals surface area contributed by atoms with Crippen molar-refractivity contribution in [3.05, 3.63) is 23.7 Å². The van der Waals surface area contributed by atoms with Gasteiger partial charge in [-0.05, 0) is 26.0 Å². The van der Waals surface area contributed by atoms with Crippen LogP contribution in [-0.4, -0.2) is 38.3 Å². The van der Waals surface area contributed by atoms with E-state index >= 15 is 0 Å². The van der Waals surface area contributed by atoms with E-state index in [1.54, 1.807) is 26.2 Å². The first-order valence-corrected chi connectivity index (χ1v) is 6.38. The van der Waals surface area contributed by atoms with Crippen LogP contribution in [0.1, 0.15) is 30.2 Å². The zero-order valence-corrected chi connectivity index (χ0v) is 14.7. The Bertz CT molecular complexity index is 462. The summed E-state index contributed by atoms with van der Waals surface area (Å²) in [4.78, 5) is 15.5. The molecule has 120 valence electrons. The summed E-state index contributed by atoms with van der Waals surface area (Å²) in [6, 6.07) is 3.29. The molecular weight excluding hydrogens is 389 g/mol. The summed E-state index contributed by atoms with van der Waals surface area (Å²) in [5.41, 5.74) is 5.72. The van der Waals surface area contributed by atoms with Crippen LogP contribution in [0.5, 0.6) is 0 Å². The van der Waals surface area contributed by atoms with Gasteiger partial charge in [-0.15, -0.1) is 24.0 Å². The number of furan rings is 1. The highest BCUT2D eigenvalue weighted by Gasteiger charge is 2.11. The number of esters is 1. The van der Waals surface area contributed by atoms with Gasteiger partial charge < -0.3 is 24.9 Å². The molecule has 1 aromatic heterocycles. The van der Waals surface area contributed by atoms with E-state index in [0.717, 1.165) is 0 Å². The fourth-order valence-corrected chi connectivity index (χ4v) is 1.53. The zero-order valence-electron chi connectivity index (χ0n) is 12.4. The number of halogens is 1. The summed E-state index contributed by atoms with van der Waals surface area (Å²) in [6.45, 7) is 4.75. The van der Waals surface area contributed by atoms with Gasteiger partial charge >= 0.3 is 5.97 Å². The number of hydrogen-bond acceptors (Lipinski definition) is 5. The molecular formula is C13H22IN3O4. The molecule has 7 nitrogen and oxygen atoms in total. The molecule has 1 aromatic rings. The van der Waals surface area contributed by atoms with Crippen LogP contribution in [0.2, 0.25) is 0 Å². The second kappa shape index (κ2) is 10.4. The maximum absolute atomic E-state index is 11.4. The molecule has 0 radical (unpaired) electrons. The predicted molar refractivity (Wildman–Crippen MR) is 89.9 cm³/mol. The van der Waals surface area contributed by atoms with Crippen LogP contribution < -0.4 is 11.1 Å². The van der Waals surface area contributed by atoms with E-state index in [9.17, 15) is 4.79 Å². The molecule has 0 aromatic carbocycles. The van der Waals surface area contributed by atoms with Crippen molar-refractivity contribution < 1.29 is 18.7 Å². The first kappa shape index (κ1) is 19.7. The van der Waals surface area contributed by atoms with Gasteiger partial charge in [-0.3, -0.25) is 0 Å². The Balaban J connectivity index is 0.00000400. The summed E-state index contributed by atoms with van der Waals surface area (Å²) in [7, 11) is 1.62. The van der Waals surface area contributed by atoms with Crippen molar-refractivity contribution in [2.24, 2.45) is 10.7 Å². The number of nitrogens with two attached hydrogens (primary N) is 1. The summed E-state index contributed by atoms with van der Waals surface area (Å²) < 4.78 is 15.1. The van der Waals surface area contributed by atoms with Gasteiger partial charge in [-0.1, -0.05) is 0 Å². The van der Waals surface area contributed by atoms with E-state index in [1.807, 2.05) is 6.92 Å². The number of guanidine groups is 1. The van der Waals surface area contributed by atoms with Crippen LogP contribution in [0.25, 0.3) is 0 Å². The SMILES string of the molecule is CCOC(=O)c1ccc(CN=C(N)NC(C)COC)o1.I. The second-order valence-corrected chi connectivity index (χ2v) is 4.19. The van der Waals surface area contributed by atoms with Gasteiger partial charge in [-0.2, -0.15) is 0 Å². The molecule has 0 bridgehead atoms. The van der Waals surface area contributed by atoms with E-state index in [0.29, 0.717) is 24.9 Å². The average molecular weight is 411 g/mol. The van der Waals surface area contributed by atoms with Crippen molar-refractivity contribution in [2.45, 2.75) is 26.4 Å². The Labute approximate surface area is 141 Å². The summed E-state index contributed by atoms with van der Waals surface area (Å²) in [5.74, 6) is 0.514. The maximum atomic E-state index is 11.4. The molecule has 1 heterocycles. The standard InChI is InChI=1S/C13H21N3O4.HI/c1-4-19-12(17)11-6-5-10(20-11)7-15-13(14)16-9(2)8-18-3;/h5-6,9H,4,7-8H2,1-3H3,(H3,14,15,16);1H. The number of nitrogens with zero attached hydrogens (tertiary/aromatic N) is 1. The Kier molecular flexibility index (Phi) is 9.80. The topological polar surface area (TPSA) is 99.1 Å². The first-order chi connectivity index (χ1) is 9.56. The minimum Gasteiger partial charge on any atom is -0.460 e. The van der Waals surface area contributed by atoms with Crippen LogP contribution in [0, 0.1) is 0 Å². The molecule has 0 aliphatic carbocycles. The number of carbonyl (C=O) groups excluding carboxylic acids is 1. The molecule has 0 amide bonds. The summed E-state index contributed by atoms with van der Waals surface area (Å²) in [5, 5.41) is 2.97. The highest BCUT2D eigenvalue weighted by atomic mass is 127. The van der Waals surface area contributed by atoms with Gasteiger partial charge in [0.15, 0.2) is 5.96 Å². The average Bonchev–Trinajstić information content (AvgIpc) is 2.85.